The number of hydrogen-bond donors (Lipinski definition) is 0. The lowest BCUT2D eigenvalue weighted by molar-refractivity contribution is 0.0989. The van der Waals surface area contributed by atoms with E-state index >= 15 is 0 Å². The Morgan fingerprint density at radius 3 is 2.75 bits per heavy atom. The molecule has 2 aliphatic rings. The Kier molecular flexibility index (Phi) is 4.40. The Hall–Kier alpha value is -3.45. The molecule has 0 saturated heterocycles. The number of carbonyl (C=O) groups is 1. The summed E-state index contributed by atoms with van der Waals surface area (Å²) in [7, 11) is 0. The third kappa shape index (κ3) is 3.12. The maximum atomic E-state index is 13.4. The summed E-state index contributed by atoms with van der Waals surface area (Å²) in [5, 5.41) is 1.19. The van der Waals surface area contributed by atoms with Crippen LogP contribution in [-0.4, -0.2) is 38.6 Å². The van der Waals surface area contributed by atoms with Gasteiger partial charge in [0.25, 0.3) is 5.91 Å². The summed E-state index contributed by atoms with van der Waals surface area (Å²) in [6, 6.07) is 10.4. The van der Waals surface area contributed by atoms with E-state index in [2.05, 4.69) is 50.0 Å². The highest BCUT2D eigenvalue weighted by atomic mass is 35.5. The third-order valence-electron chi connectivity index (χ3n) is 6.08. The summed E-state index contributed by atoms with van der Waals surface area (Å²) in [5.74, 6) is 0.479. The molecule has 160 valence electrons. The molecule has 1 saturated carbocycles. The summed E-state index contributed by atoms with van der Waals surface area (Å²) in [6.07, 6.45) is 7.57. The number of nitrogens with zero attached hydrogens (tertiary/aromatic N) is 5. The zero-order valence-corrected chi connectivity index (χ0v) is 18.2. The number of amides is 1. The van der Waals surface area contributed by atoms with Gasteiger partial charge < -0.3 is 14.2 Å². The van der Waals surface area contributed by atoms with Gasteiger partial charge in [0.2, 0.25) is 5.88 Å². The van der Waals surface area contributed by atoms with Crippen LogP contribution in [0.15, 0.2) is 49.1 Å². The Morgan fingerprint density at radius 1 is 1.09 bits per heavy atom. The molecule has 0 N–H and O–H groups in total. The zero-order chi connectivity index (χ0) is 21.8. The Bertz CT molecular complexity index is 1360. The van der Waals surface area contributed by atoms with Crippen molar-refractivity contribution in [3.05, 3.63) is 71.0 Å². The minimum Gasteiger partial charge on any atom is -0.475 e. The van der Waals surface area contributed by atoms with Crippen molar-refractivity contribution < 1.29 is 9.53 Å². The summed E-state index contributed by atoms with van der Waals surface area (Å²) in [5.41, 5.74) is 5.47. The van der Waals surface area contributed by atoms with Gasteiger partial charge >= 0.3 is 0 Å². The smallest absolute Gasteiger partial charge is 0.267 e. The summed E-state index contributed by atoms with van der Waals surface area (Å²) in [6.45, 7) is 2.72. The van der Waals surface area contributed by atoms with Gasteiger partial charge in [0.1, 0.15) is 23.7 Å². The number of aromatic nitrogens is 4. The fourth-order valence-electron chi connectivity index (χ4n) is 4.33. The van der Waals surface area contributed by atoms with E-state index in [1.165, 1.54) is 17.4 Å². The number of fused-ring (bicyclic) bond motifs is 2. The highest BCUT2D eigenvalue weighted by Crippen LogP contribution is 2.45. The van der Waals surface area contributed by atoms with Crippen LogP contribution in [0.3, 0.4) is 0 Å². The molecule has 1 amide bonds. The standard InChI is InChI=1S/C24H20ClN5O2/c1-14-2-5-17(12-26-14)29-7-6-16-10-18(11-19(21(16)29)15-3-4-15)30-8-9-32-23-20(24(30)31)22(25)27-13-28-23/h2,5-7,10-13,15H,3-4,8-9H2,1H3. The van der Waals surface area contributed by atoms with Crippen molar-refractivity contribution in [3.63, 3.8) is 0 Å². The number of halogens is 1. The van der Waals surface area contributed by atoms with Crippen molar-refractivity contribution in [1.82, 2.24) is 19.5 Å². The molecule has 0 radical (unpaired) electrons. The molecule has 4 heterocycles. The lowest BCUT2D eigenvalue weighted by atomic mass is 10.0. The monoisotopic (exact) mass is 445 g/mol. The SMILES string of the molecule is Cc1ccc(-n2ccc3cc(N4CCOc5ncnc(Cl)c5C4=O)cc(C4CC4)c32)cn1. The highest BCUT2D eigenvalue weighted by molar-refractivity contribution is 6.33. The largest absolute Gasteiger partial charge is 0.475 e. The van der Waals surface area contributed by atoms with Crippen molar-refractivity contribution >= 4 is 34.1 Å². The van der Waals surface area contributed by atoms with Gasteiger partial charge in [-0.15, -0.1) is 0 Å². The van der Waals surface area contributed by atoms with Crippen molar-refractivity contribution in [2.75, 3.05) is 18.1 Å². The minimum atomic E-state index is -0.244. The van der Waals surface area contributed by atoms with Gasteiger partial charge in [-0.2, -0.15) is 0 Å². The molecular weight excluding hydrogens is 426 g/mol. The van der Waals surface area contributed by atoms with Crippen molar-refractivity contribution in [2.24, 2.45) is 0 Å². The maximum absolute atomic E-state index is 13.4. The molecule has 6 rings (SSSR count). The van der Waals surface area contributed by atoms with Crippen LogP contribution in [0, 0.1) is 6.92 Å². The topological polar surface area (TPSA) is 73.1 Å². The molecule has 1 aliphatic heterocycles. The van der Waals surface area contributed by atoms with Crippen molar-refractivity contribution in [3.8, 4) is 11.6 Å². The summed E-state index contributed by atoms with van der Waals surface area (Å²) >= 11 is 6.24. The number of hydrogen-bond acceptors (Lipinski definition) is 5. The van der Waals surface area contributed by atoms with Crippen LogP contribution in [0.4, 0.5) is 5.69 Å². The number of anilines is 1. The molecule has 0 spiro atoms. The molecule has 32 heavy (non-hydrogen) atoms. The van der Waals surface area contributed by atoms with Crippen LogP contribution >= 0.6 is 11.6 Å². The molecule has 8 heteroatoms. The first-order valence-electron chi connectivity index (χ1n) is 10.6. The van der Waals surface area contributed by atoms with E-state index in [-0.39, 0.29) is 22.5 Å². The van der Waals surface area contributed by atoms with Crippen LogP contribution in [0.2, 0.25) is 5.15 Å². The van der Waals surface area contributed by atoms with Crippen LogP contribution < -0.4 is 9.64 Å². The first kappa shape index (κ1) is 19.3. The third-order valence-corrected chi connectivity index (χ3v) is 6.37. The van der Waals surface area contributed by atoms with E-state index in [0.717, 1.165) is 35.3 Å². The molecule has 1 aliphatic carbocycles. The molecular formula is C24H20ClN5O2. The van der Waals surface area contributed by atoms with E-state index in [4.69, 9.17) is 16.3 Å². The second-order valence-corrected chi connectivity index (χ2v) is 8.60. The molecule has 0 bridgehead atoms. The highest BCUT2D eigenvalue weighted by Gasteiger charge is 2.32. The number of ether oxygens (including phenoxy) is 1. The number of benzene rings is 1. The van der Waals surface area contributed by atoms with Crippen LogP contribution in [0.1, 0.15) is 40.4 Å². The zero-order valence-electron chi connectivity index (χ0n) is 17.5. The first-order valence-corrected chi connectivity index (χ1v) is 11.0. The number of aryl methyl sites for hydroxylation is 1. The predicted molar refractivity (Wildman–Crippen MR) is 122 cm³/mol. The normalized spacial score (nSPS) is 16.1. The van der Waals surface area contributed by atoms with E-state index in [0.29, 0.717) is 19.1 Å². The molecule has 0 atom stereocenters. The van der Waals surface area contributed by atoms with Gasteiger partial charge in [-0.1, -0.05) is 11.6 Å². The second kappa shape index (κ2) is 7.31. The van der Waals surface area contributed by atoms with Crippen LogP contribution in [0.25, 0.3) is 16.6 Å². The molecule has 1 aromatic carbocycles. The predicted octanol–water partition coefficient (Wildman–Crippen LogP) is 4.69. The molecule has 7 nitrogen and oxygen atoms in total. The fourth-order valence-corrected chi connectivity index (χ4v) is 4.54. The molecule has 1 fully saturated rings. The lowest BCUT2D eigenvalue weighted by Crippen LogP contribution is -2.32. The van der Waals surface area contributed by atoms with Gasteiger partial charge in [-0.3, -0.25) is 9.78 Å². The first-order chi connectivity index (χ1) is 15.6. The van der Waals surface area contributed by atoms with Crippen LogP contribution in [0.5, 0.6) is 5.88 Å². The summed E-state index contributed by atoms with van der Waals surface area (Å²) < 4.78 is 7.88. The van der Waals surface area contributed by atoms with Crippen LogP contribution in [-0.2, 0) is 0 Å². The number of pyridine rings is 1. The maximum Gasteiger partial charge on any atom is 0.267 e. The summed E-state index contributed by atoms with van der Waals surface area (Å²) in [4.78, 5) is 27.7. The Morgan fingerprint density at radius 2 is 1.97 bits per heavy atom. The second-order valence-electron chi connectivity index (χ2n) is 8.24. The van der Waals surface area contributed by atoms with E-state index in [9.17, 15) is 4.79 Å². The quantitative estimate of drug-likeness (QED) is 0.427. The van der Waals surface area contributed by atoms with Crippen molar-refractivity contribution in [2.45, 2.75) is 25.7 Å². The molecule has 0 unspecified atom stereocenters. The number of rotatable bonds is 3. The van der Waals surface area contributed by atoms with Crippen molar-refractivity contribution in [1.29, 1.82) is 0 Å². The molecule has 4 aromatic rings. The Labute approximate surface area is 189 Å². The molecule has 3 aromatic heterocycles. The lowest BCUT2D eigenvalue weighted by Gasteiger charge is -2.22. The van der Waals surface area contributed by atoms with Gasteiger partial charge in [0.15, 0.2) is 0 Å². The average Bonchev–Trinajstić information content (AvgIpc) is 3.57. The minimum absolute atomic E-state index is 0.105. The van der Waals surface area contributed by atoms with Gasteiger partial charge in [0, 0.05) is 23.0 Å². The fraction of sp³-hybridized carbons (Fsp3) is 0.250. The van der Waals surface area contributed by atoms with Gasteiger partial charge in [-0.05, 0) is 61.6 Å². The average molecular weight is 446 g/mol. The van der Waals surface area contributed by atoms with E-state index < -0.39 is 0 Å². The number of carbonyl (C=O) groups excluding carboxylic acids is 1. The van der Waals surface area contributed by atoms with E-state index in [1.807, 2.05) is 19.2 Å². The van der Waals surface area contributed by atoms with Gasteiger partial charge in [-0.25, -0.2) is 9.97 Å². The van der Waals surface area contributed by atoms with E-state index in [1.54, 1.807) is 4.90 Å². The Balaban J connectivity index is 1.49. The van der Waals surface area contributed by atoms with Gasteiger partial charge in [0.05, 0.1) is 23.9 Å².